The Morgan fingerprint density at radius 1 is 1.35 bits per heavy atom. The first kappa shape index (κ1) is 12.4. The number of halogens is 2. The van der Waals surface area contributed by atoms with Gasteiger partial charge in [0.05, 0.1) is 0 Å². The molecule has 1 heterocycles. The maximum Gasteiger partial charge on any atom is 0.270 e. The predicted molar refractivity (Wildman–Crippen MR) is 68.7 cm³/mol. The van der Waals surface area contributed by atoms with Gasteiger partial charge in [0.2, 0.25) is 0 Å². The molecule has 1 N–H and O–H groups in total. The fraction of sp³-hybridized carbons (Fsp3) is 0.100. The van der Waals surface area contributed by atoms with Crippen molar-refractivity contribution in [1.29, 1.82) is 0 Å². The Morgan fingerprint density at radius 2 is 2.18 bits per heavy atom. The van der Waals surface area contributed by atoms with Crippen molar-refractivity contribution in [3.8, 4) is 0 Å². The molecule has 0 atom stereocenters. The number of hydrogen-bond donors (Lipinski definition) is 1. The van der Waals surface area contributed by atoms with Crippen molar-refractivity contribution in [2.24, 2.45) is 0 Å². The first-order valence-corrected chi connectivity index (χ1v) is 6.38. The van der Waals surface area contributed by atoms with Gasteiger partial charge >= 0.3 is 0 Å². The third-order valence-corrected chi connectivity index (χ3v) is 3.43. The van der Waals surface area contributed by atoms with E-state index in [4.69, 9.17) is 23.2 Å². The third-order valence-electron chi connectivity index (χ3n) is 1.93. The highest BCUT2D eigenvalue weighted by Crippen LogP contribution is 2.26. The zero-order valence-electron chi connectivity index (χ0n) is 8.48. The zero-order valence-corrected chi connectivity index (χ0v) is 10.8. The molecule has 0 saturated carbocycles. The third kappa shape index (κ3) is 3.46. The largest absolute Gasteiger partial charge is 0.299 e. The first-order valence-electron chi connectivity index (χ1n) is 4.64. The van der Waals surface area contributed by atoms with Crippen molar-refractivity contribution in [2.45, 2.75) is 10.9 Å². The Labute approximate surface area is 111 Å². The Kier molecular flexibility index (Phi) is 4.04. The average Bonchev–Trinajstić information content (AvgIpc) is 2.28. The van der Waals surface area contributed by atoms with Gasteiger partial charge in [-0.05, 0) is 17.7 Å². The van der Waals surface area contributed by atoms with Crippen molar-refractivity contribution in [3.05, 3.63) is 50.4 Å². The van der Waals surface area contributed by atoms with Crippen LogP contribution in [0.1, 0.15) is 5.56 Å². The minimum absolute atomic E-state index is 0.273. The molecule has 1 aromatic carbocycles. The molecule has 4 nitrogen and oxygen atoms in total. The molecule has 0 spiro atoms. The molecule has 0 fully saturated rings. The van der Waals surface area contributed by atoms with Crippen molar-refractivity contribution in [2.75, 3.05) is 0 Å². The van der Waals surface area contributed by atoms with Gasteiger partial charge < -0.3 is 0 Å². The lowest BCUT2D eigenvalue weighted by atomic mass is 10.2. The fourth-order valence-corrected chi connectivity index (χ4v) is 2.52. The molecular formula is C10H7Cl2N3OS. The fourth-order valence-electron chi connectivity index (χ4n) is 1.15. The second-order valence-corrected chi connectivity index (χ2v) is 4.97. The molecule has 0 saturated heterocycles. The minimum atomic E-state index is -0.273. The molecule has 0 bridgehead atoms. The van der Waals surface area contributed by atoms with Gasteiger partial charge in [-0.1, -0.05) is 41.0 Å². The van der Waals surface area contributed by atoms with E-state index in [-0.39, 0.29) is 5.56 Å². The van der Waals surface area contributed by atoms with Crippen LogP contribution in [0, 0.1) is 0 Å². The van der Waals surface area contributed by atoms with Crippen LogP contribution < -0.4 is 5.56 Å². The number of aromatic amines is 1. The lowest BCUT2D eigenvalue weighted by molar-refractivity contribution is 0.817. The summed E-state index contributed by atoms with van der Waals surface area (Å²) >= 11 is 13.2. The second kappa shape index (κ2) is 5.53. The molecule has 7 heteroatoms. The summed E-state index contributed by atoms with van der Waals surface area (Å²) in [6.45, 7) is 0. The van der Waals surface area contributed by atoms with Crippen LogP contribution in [0.15, 0.2) is 34.3 Å². The van der Waals surface area contributed by atoms with Crippen LogP contribution in [0.25, 0.3) is 0 Å². The SMILES string of the molecule is O=c1cnnc(SCc2ccc(Cl)cc2Cl)[nH]1. The summed E-state index contributed by atoms with van der Waals surface area (Å²) in [5.74, 6) is 0.588. The molecule has 88 valence electrons. The minimum Gasteiger partial charge on any atom is -0.299 e. The Balaban J connectivity index is 2.10. The molecule has 0 unspecified atom stereocenters. The van der Waals surface area contributed by atoms with E-state index in [0.29, 0.717) is 21.0 Å². The molecular weight excluding hydrogens is 281 g/mol. The number of benzene rings is 1. The van der Waals surface area contributed by atoms with Gasteiger partial charge in [0.25, 0.3) is 5.56 Å². The number of rotatable bonds is 3. The van der Waals surface area contributed by atoms with Gasteiger partial charge in [0.15, 0.2) is 5.16 Å². The number of nitrogens with zero attached hydrogens (tertiary/aromatic N) is 2. The Morgan fingerprint density at radius 3 is 2.88 bits per heavy atom. The predicted octanol–water partition coefficient (Wildman–Crippen LogP) is 2.76. The summed E-state index contributed by atoms with van der Waals surface area (Å²) in [5.41, 5.74) is 0.650. The van der Waals surface area contributed by atoms with Gasteiger partial charge in [0, 0.05) is 15.8 Å². The summed E-state index contributed by atoms with van der Waals surface area (Å²) in [6.07, 6.45) is 1.12. The summed E-state index contributed by atoms with van der Waals surface area (Å²) in [7, 11) is 0. The highest BCUT2D eigenvalue weighted by Gasteiger charge is 2.04. The topological polar surface area (TPSA) is 58.6 Å². The van der Waals surface area contributed by atoms with Gasteiger partial charge in [-0.25, -0.2) is 0 Å². The molecule has 0 aliphatic heterocycles. The summed E-state index contributed by atoms with van der Waals surface area (Å²) in [4.78, 5) is 13.6. The van der Waals surface area contributed by atoms with E-state index in [1.807, 2.05) is 6.07 Å². The van der Waals surface area contributed by atoms with E-state index in [0.717, 1.165) is 11.8 Å². The first-order chi connectivity index (χ1) is 8.15. The molecule has 2 aromatic rings. The quantitative estimate of drug-likeness (QED) is 0.882. The zero-order chi connectivity index (χ0) is 12.3. The summed E-state index contributed by atoms with van der Waals surface area (Å²) in [5, 5.41) is 9.00. The maximum atomic E-state index is 11.0. The Hall–Kier alpha value is -1.04. The van der Waals surface area contributed by atoms with Crippen LogP contribution >= 0.6 is 35.0 Å². The lowest BCUT2D eigenvalue weighted by Crippen LogP contribution is -2.08. The van der Waals surface area contributed by atoms with Crippen LogP contribution in [0.2, 0.25) is 10.0 Å². The van der Waals surface area contributed by atoms with Gasteiger partial charge in [0.1, 0.15) is 6.20 Å². The normalized spacial score (nSPS) is 10.5. The summed E-state index contributed by atoms with van der Waals surface area (Å²) < 4.78 is 0. The number of nitrogens with one attached hydrogen (secondary N) is 1. The van der Waals surface area contributed by atoms with Crippen LogP contribution in [0.4, 0.5) is 0 Å². The maximum absolute atomic E-state index is 11.0. The molecule has 0 radical (unpaired) electrons. The van der Waals surface area contributed by atoms with Gasteiger partial charge in [-0.3, -0.25) is 9.78 Å². The molecule has 0 amide bonds. The average molecular weight is 288 g/mol. The number of H-pyrrole nitrogens is 1. The van der Waals surface area contributed by atoms with E-state index in [1.54, 1.807) is 12.1 Å². The van der Waals surface area contributed by atoms with Gasteiger partial charge in [-0.2, -0.15) is 5.10 Å². The summed E-state index contributed by atoms with van der Waals surface area (Å²) in [6, 6.07) is 5.29. The van der Waals surface area contributed by atoms with E-state index in [2.05, 4.69) is 15.2 Å². The van der Waals surface area contributed by atoms with Crippen LogP contribution in [0.3, 0.4) is 0 Å². The van der Waals surface area contributed by atoms with E-state index in [1.165, 1.54) is 11.8 Å². The van der Waals surface area contributed by atoms with E-state index in [9.17, 15) is 4.79 Å². The molecule has 0 aliphatic rings. The van der Waals surface area contributed by atoms with Crippen molar-refractivity contribution < 1.29 is 0 Å². The standard InChI is InChI=1S/C10H7Cl2N3OS/c11-7-2-1-6(8(12)3-7)5-17-10-14-9(16)4-13-15-10/h1-4H,5H2,(H,14,15,16). The van der Waals surface area contributed by atoms with Crippen molar-refractivity contribution in [1.82, 2.24) is 15.2 Å². The van der Waals surface area contributed by atoms with Crippen LogP contribution in [-0.4, -0.2) is 15.2 Å². The van der Waals surface area contributed by atoms with Crippen molar-refractivity contribution >= 4 is 35.0 Å². The highest BCUT2D eigenvalue weighted by molar-refractivity contribution is 7.98. The van der Waals surface area contributed by atoms with Crippen LogP contribution in [-0.2, 0) is 5.75 Å². The molecule has 17 heavy (non-hydrogen) atoms. The number of thioether (sulfide) groups is 1. The smallest absolute Gasteiger partial charge is 0.270 e. The molecule has 0 aliphatic carbocycles. The molecule has 2 rings (SSSR count). The molecule has 1 aromatic heterocycles. The highest BCUT2D eigenvalue weighted by atomic mass is 35.5. The number of hydrogen-bond acceptors (Lipinski definition) is 4. The second-order valence-electron chi connectivity index (χ2n) is 3.16. The monoisotopic (exact) mass is 287 g/mol. The van der Waals surface area contributed by atoms with Gasteiger partial charge in [-0.15, -0.1) is 5.10 Å². The van der Waals surface area contributed by atoms with Crippen LogP contribution in [0.5, 0.6) is 0 Å². The Bertz CT molecular complexity index is 588. The number of aromatic nitrogens is 3. The van der Waals surface area contributed by atoms with E-state index < -0.39 is 0 Å². The van der Waals surface area contributed by atoms with Crippen molar-refractivity contribution in [3.63, 3.8) is 0 Å². The van der Waals surface area contributed by atoms with E-state index >= 15 is 0 Å². The lowest BCUT2D eigenvalue weighted by Gasteiger charge is -2.03.